The van der Waals surface area contributed by atoms with Crippen molar-refractivity contribution in [2.45, 2.75) is 5.92 Å². The lowest BCUT2D eigenvalue weighted by atomic mass is 10.0. The molecule has 0 aromatic heterocycles. The zero-order valence-electron chi connectivity index (χ0n) is 11.0. The molecule has 0 bridgehead atoms. The molecule has 0 aliphatic carbocycles. The Morgan fingerprint density at radius 2 is 1.80 bits per heavy atom. The summed E-state index contributed by atoms with van der Waals surface area (Å²) in [6, 6.07) is 16.5. The fraction of sp³-hybridized carbons (Fsp3) is 0.118. The number of benzene rings is 2. The predicted octanol–water partition coefficient (Wildman–Crippen LogP) is 4.47. The van der Waals surface area contributed by atoms with Gasteiger partial charge < -0.3 is 4.74 Å². The second-order valence-electron chi connectivity index (χ2n) is 4.36. The van der Waals surface area contributed by atoms with Crippen molar-refractivity contribution in [2.75, 3.05) is 6.61 Å². The monoisotopic (exact) mass is 286 g/mol. The van der Waals surface area contributed by atoms with Crippen molar-refractivity contribution in [3.05, 3.63) is 83.4 Å². The molecule has 3 heteroatoms. The van der Waals surface area contributed by atoms with Gasteiger partial charge in [0.2, 0.25) is 0 Å². The quantitative estimate of drug-likeness (QED) is 0.599. The average Bonchev–Trinajstić information content (AvgIpc) is 2.49. The maximum absolute atomic E-state index is 11.9. The van der Waals surface area contributed by atoms with E-state index < -0.39 is 0 Å². The van der Waals surface area contributed by atoms with E-state index in [4.69, 9.17) is 16.3 Å². The summed E-state index contributed by atoms with van der Waals surface area (Å²) >= 11 is 5.78. The lowest BCUT2D eigenvalue weighted by Crippen LogP contribution is -2.11. The van der Waals surface area contributed by atoms with Crippen molar-refractivity contribution in [1.29, 1.82) is 0 Å². The zero-order valence-corrected chi connectivity index (χ0v) is 11.7. The molecule has 2 nitrogen and oxygen atoms in total. The number of carbonyl (C=O) groups is 1. The Morgan fingerprint density at radius 3 is 2.40 bits per heavy atom. The van der Waals surface area contributed by atoms with Crippen molar-refractivity contribution in [2.24, 2.45) is 0 Å². The van der Waals surface area contributed by atoms with Gasteiger partial charge in [-0.25, -0.2) is 4.79 Å². The molecule has 0 saturated heterocycles. The van der Waals surface area contributed by atoms with Gasteiger partial charge in [0.05, 0.1) is 5.56 Å². The molecule has 0 amide bonds. The van der Waals surface area contributed by atoms with Crippen LogP contribution >= 0.6 is 11.6 Å². The van der Waals surface area contributed by atoms with Gasteiger partial charge in [-0.15, -0.1) is 6.58 Å². The summed E-state index contributed by atoms with van der Waals surface area (Å²) in [5.74, 6) is -0.364. The molecule has 0 aliphatic heterocycles. The van der Waals surface area contributed by atoms with E-state index in [0.29, 0.717) is 10.6 Å². The molecule has 0 fully saturated rings. The first-order chi connectivity index (χ1) is 9.70. The highest BCUT2D eigenvalue weighted by atomic mass is 35.5. The van der Waals surface area contributed by atoms with Gasteiger partial charge in [0, 0.05) is 10.9 Å². The smallest absolute Gasteiger partial charge is 0.338 e. The third kappa shape index (κ3) is 3.72. The van der Waals surface area contributed by atoms with E-state index in [0.717, 1.165) is 5.56 Å². The third-order valence-electron chi connectivity index (χ3n) is 2.99. The van der Waals surface area contributed by atoms with Crippen LogP contribution in [-0.4, -0.2) is 12.6 Å². The molecule has 1 atom stereocenters. The van der Waals surface area contributed by atoms with Crippen LogP contribution in [-0.2, 0) is 4.74 Å². The van der Waals surface area contributed by atoms with E-state index in [2.05, 4.69) is 6.58 Å². The molecule has 0 N–H and O–H groups in total. The van der Waals surface area contributed by atoms with Gasteiger partial charge in [0.25, 0.3) is 0 Å². The zero-order chi connectivity index (χ0) is 14.4. The second-order valence-corrected chi connectivity index (χ2v) is 4.79. The number of hydrogen-bond acceptors (Lipinski definition) is 2. The molecular formula is C17H15ClO2. The Balaban J connectivity index is 1.98. The molecule has 0 aliphatic rings. The van der Waals surface area contributed by atoms with Gasteiger partial charge in [0.15, 0.2) is 0 Å². The Kier molecular flexibility index (Phi) is 4.97. The van der Waals surface area contributed by atoms with Crippen LogP contribution in [0.2, 0.25) is 5.02 Å². The Hall–Kier alpha value is -2.06. The van der Waals surface area contributed by atoms with E-state index in [1.165, 1.54) is 0 Å². The van der Waals surface area contributed by atoms with Gasteiger partial charge in [0.1, 0.15) is 6.61 Å². The summed E-state index contributed by atoms with van der Waals surface area (Å²) in [5, 5.41) is 0.592. The minimum absolute atomic E-state index is 0.00699. The van der Waals surface area contributed by atoms with Crippen LogP contribution in [0.5, 0.6) is 0 Å². The van der Waals surface area contributed by atoms with Crippen molar-refractivity contribution in [3.63, 3.8) is 0 Å². The predicted molar refractivity (Wildman–Crippen MR) is 81.1 cm³/mol. The summed E-state index contributed by atoms with van der Waals surface area (Å²) in [6.45, 7) is 4.06. The molecular weight excluding hydrogens is 272 g/mol. The van der Waals surface area contributed by atoms with E-state index in [9.17, 15) is 4.79 Å². The summed E-state index contributed by atoms with van der Waals surface area (Å²) < 4.78 is 5.32. The lowest BCUT2D eigenvalue weighted by molar-refractivity contribution is 0.0494. The summed E-state index contributed by atoms with van der Waals surface area (Å²) in [4.78, 5) is 11.9. The number of rotatable bonds is 5. The van der Waals surface area contributed by atoms with Crippen LogP contribution < -0.4 is 0 Å². The highest BCUT2D eigenvalue weighted by Crippen LogP contribution is 2.18. The Morgan fingerprint density at radius 1 is 1.15 bits per heavy atom. The maximum Gasteiger partial charge on any atom is 0.338 e. The normalized spacial score (nSPS) is 11.7. The third-order valence-corrected chi connectivity index (χ3v) is 3.24. The maximum atomic E-state index is 11.9. The summed E-state index contributed by atoms with van der Waals surface area (Å²) in [5.41, 5.74) is 1.57. The van der Waals surface area contributed by atoms with E-state index in [1.807, 2.05) is 30.3 Å². The Labute approximate surface area is 123 Å². The molecule has 20 heavy (non-hydrogen) atoms. The first-order valence-electron chi connectivity index (χ1n) is 6.31. The van der Waals surface area contributed by atoms with Crippen molar-refractivity contribution in [3.8, 4) is 0 Å². The first-order valence-corrected chi connectivity index (χ1v) is 6.68. The minimum atomic E-state index is -0.357. The van der Waals surface area contributed by atoms with Gasteiger partial charge in [-0.3, -0.25) is 0 Å². The number of esters is 1. The highest BCUT2D eigenvalue weighted by Gasteiger charge is 2.12. The number of ether oxygens (including phenoxy) is 1. The molecule has 0 saturated carbocycles. The molecule has 0 spiro atoms. The molecule has 102 valence electrons. The standard InChI is InChI=1S/C17H15ClO2/c1-2-13(14-6-4-3-5-7-14)12-20-17(19)15-8-10-16(18)11-9-15/h2-11,13H,1,12H2/t13-/m1/s1. The molecule has 0 radical (unpaired) electrons. The molecule has 2 aromatic rings. The van der Waals surface area contributed by atoms with E-state index in [-0.39, 0.29) is 18.5 Å². The molecule has 0 heterocycles. The van der Waals surface area contributed by atoms with E-state index in [1.54, 1.807) is 30.3 Å². The van der Waals surface area contributed by atoms with Crippen molar-refractivity contribution >= 4 is 17.6 Å². The number of hydrogen-bond donors (Lipinski definition) is 0. The van der Waals surface area contributed by atoms with Crippen molar-refractivity contribution in [1.82, 2.24) is 0 Å². The first kappa shape index (κ1) is 14.4. The van der Waals surface area contributed by atoms with Crippen LogP contribution in [0, 0.1) is 0 Å². The molecule has 2 rings (SSSR count). The molecule has 2 aromatic carbocycles. The fourth-order valence-electron chi connectivity index (χ4n) is 1.84. The second kappa shape index (κ2) is 6.92. The minimum Gasteiger partial charge on any atom is -0.461 e. The highest BCUT2D eigenvalue weighted by molar-refractivity contribution is 6.30. The lowest BCUT2D eigenvalue weighted by Gasteiger charge is -2.13. The topological polar surface area (TPSA) is 26.3 Å². The van der Waals surface area contributed by atoms with Crippen LogP contribution in [0.15, 0.2) is 67.3 Å². The van der Waals surface area contributed by atoms with Crippen LogP contribution in [0.1, 0.15) is 21.8 Å². The summed E-state index contributed by atoms with van der Waals surface area (Å²) in [6.07, 6.45) is 1.78. The van der Waals surface area contributed by atoms with Crippen LogP contribution in [0.4, 0.5) is 0 Å². The van der Waals surface area contributed by atoms with Crippen LogP contribution in [0.25, 0.3) is 0 Å². The number of carbonyl (C=O) groups excluding carboxylic acids is 1. The SMILES string of the molecule is C=C[C@H](COC(=O)c1ccc(Cl)cc1)c1ccccc1. The largest absolute Gasteiger partial charge is 0.461 e. The summed E-state index contributed by atoms with van der Waals surface area (Å²) in [7, 11) is 0. The number of halogens is 1. The average molecular weight is 287 g/mol. The molecule has 0 unspecified atom stereocenters. The van der Waals surface area contributed by atoms with Crippen LogP contribution in [0.3, 0.4) is 0 Å². The Bertz CT molecular complexity index is 576. The van der Waals surface area contributed by atoms with Gasteiger partial charge in [-0.05, 0) is 29.8 Å². The van der Waals surface area contributed by atoms with Gasteiger partial charge in [-0.1, -0.05) is 48.0 Å². The van der Waals surface area contributed by atoms with E-state index >= 15 is 0 Å². The fourth-order valence-corrected chi connectivity index (χ4v) is 1.96. The van der Waals surface area contributed by atoms with Gasteiger partial charge in [-0.2, -0.15) is 0 Å². The van der Waals surface area contributed by atoms with Crippen molar-refractivity contribution < 1.29 is 9.53 Å². The van der Waals surface area contributed by atoms with Gasteiger partial charge >= 0.3 is 5.97 Å².